The zero-order valence-electron chi connectivity index (χ0n) is 11.5. The summed E-state index contributed by atoms with van der Waals surface area (Å²) in [5.41, 5.74) is 2.74. The Morgan fingerprint density at radius 3 is 3.05 bits per heavy atom. The second-order valence-corrected chi connectivity index (χ2v) is 6.89. The first-order chi connectivity index (χ1) is 9.22. The minimum atomic E-state index is 0.703. The van der Waals surface area contributed by atoms with E-state index in [2.05, 4.69) is 40.3 Å². The summed E-state index contributed by atoms with van der Waals surface area (Å²) in [7, 11) is 0. The SMILES string of the molecule is CC(CCNC1CC1)Cc1cc(Br)cc2c1OCC2. The average molecular weight is 324 g/mol. The van der Waals surface area contributed by atoms with Crippen LogP contribution >= 0.6 is 15.9 Å². The maximum atomic E-state index is 5.80. The van der Waals surface area contributed by atoms with Crippen LogP contribution in [0.3, 0.4) is 0 Å². The second-order valence-electron chi connectivity index (χ2n) is 5.98. The van der Waals surface area contributed by atoms with Crippen LogP contribution in [0, 0.1) is 5.92 Å². The Kier molecular flexibility index (Phi) is 4.13. The molecule has 1 aliphatic heterocycles. The van der Waals surface area contributed by atoms with Crippen molar-refractivity contribution in [1.29, 1.82) is 0 Å². The minimum absolute atomic E-state index is 0.703. The van der Waals surface area contributed by atoms with Crippen LogP contribution in [0.25, 0.3) is 0 Å². The van der Waals surface area contributed by atoms with E-state index in [9.17, 15) is 0 Å². The molecule has 1 aliphatic carbocycles. The number of halogens is 1. The molecule has 104 valence electrons. The fourth-order valence-corrected chi connectivity index (χ4v) is 3.35. The average Bonchev–Trinajstić information content (AvgIpc) is 3.05. The van der Waals surface area contributed by atoms with Crippen molar-refractivity contribution in [2.45, 2.75) is 45.1 Å². The van der Waals surface area contributed by atoms with Crippen LogP contribution in [0.4, 0.5) is 0 Å². The van der Waals surface area contributed by atoms with E-state index >= 15 is 0 Å². The highest BCUT2D eigenvalue weighted by molar-refractivity contribution is 9.10. The molecule has 1 aromatic carbocycles. The van der Waals surface area contributed by atoms with Crippen LogP contribution in [0.2, 0.25) is 0 Å². The van der Waals surface area contributed by atoms with Gasteiger partial charge >= 0.3 is 0 Å². The van der Waals surface area contributed by atoms with Gasteiger partial charge < -0.3 is 10.1 Å². The van der Waals surface area contributed by atoms with Gasteiger partial charge in [-0.2, -0.15) is 0 Å². The molecule has 0 aromatic heterocycles. The van der Waals surface area contributed by atoms with E-state index in [0.29, 0.717) is 5.92 Å². The first kappa shape index (κ1) is 13.4. The number of hydrogen-bond donors (Lipinski definition) is 1. The summed E-state index contributed by atoms with van der Waals surface area (Å²) in [6.45, 7) is 4.34. The van der Waals surface area contributed by atoms with Gasteiger partial charge in [0, 0.05) is 16.9 Å². The van der Waals surface area contributed by atoms with Crippen molar-refractivity contribution < 1.29 is 4.74 Å². The van der Waals surface area contributed by atoms with E-state index in [-0.39, 0.29) is 0 Å². The number of nitrogens with one attached hydrogen (secondary N) is 1. The molecular formula is C16H22BrNO. The van der Waals surface area contributed by atoms with E-state index in [1.54, 1.807) is 0 Å². The lowest BCUT2D eigenvalue weighted by Crippen LogP contribution is -2.20. The topological polar surface area (TPSA) is 21.3 Å². The number of fused-ring (bicyclic) bond motifs is 1. The van der Waals surface area contributed by atoms with Gasteiger partial charge in [0.2, 0.25) is 0 Å². The minimum Gasteiger partial charge on any atom is -0.493 e. The van der Waals surface area contributed by atoms with Crippen LogP contribution in [-0.4, -0.2) is 19.2 Å². The predicted octanol–water partition coefficient (Wildman–Crippen LogP) is 3.70. The molecule has 2 nitrogen and oxygen atoms in total. The summed E-state index contributed by atoms with van der Waals surface area (Å²) < 4.78 is 6.99. The van der Waals surface area contributed by atoms with Gasteiger partial charge in [-0.3, -0.25) is 0 Å². The van der Waals surface area contributed by atoms with E-state index in [1.165, 1.54) is 34.9 Å². The maximum absolute atomic E-state index is 5.80. The van der Waals surface area contributed by atoms with Crippen molar-refractivity contribution in [1.82, 2.24) is 5.32 Å². The molecule has 1 fully saturated rings. The van der Waals surface area contributed by atoms with Gasteiger partial charge in [0.15, 0.2) is 0 Å². The normalized spacial score (nSPS) is 19.1. The molecule has 0 spiro atoms. The summed E-state index contributed by atoms with van der Waals surface area (Å²) in [5.74, 6) is 1.86. The monoisotopic (exact) mass is 323 g/mol. The third-order valence-electron chi connectivity index (χ3n) is 4.04. The van der Waals surface area contributed by atoms with E-state index in [4.69, 9.17) is 4.74 Å². The molecule has 0 amide bonds. The van der Waals surface area contributed by atoms with Gasteiger partial charge in [-0.05, 0) is 61.4 Å². The number of ether oxygens (including phenoxy) is 1. The number of benzene rings is 1. The standard InChI is InChI=1S/C16H22BrNO/c1-11(4-6-18-15-2-3-15)8-13-10-14(17)9-12-5-7-19-16(12)13/h9-11,15,18H,2-8H2,1H3. The molecule has 1 N–H and O–H groups in total. The van der Waals surface area contributed by atoms with E-state index < -0.39 is 0 Å². The molecule has 19 heavy (non-hydrogen) atoms. The highest BCUT2D eigenvalue weighted by atomic mass is 79.9. The second kappa shape index (κ2) is 5.84. The largest absolute Gasteiger partial charge is 0.493 e. The Labute approximate surface area is 124 Å². The summed E-state index contributed by atoms with van der Waals surface area (Å²) in [4.78, 5) is 0. The van der Waals surface area contributed by atoms with Crippen LogP contribution in [-0.2, 0) is 12.8 Å². The summed E-state index contributed by atoms with van der Waals surface area (Å²) in [5, 5.41) is 3.60. The Hall–Kier alpha value is -0.540. The van der Waals surface area contributed by atoms with Crippen LogP contribution < -0.4 is 10.1 Å². The van der Waals surface area contributed by atoms with Crippen LogP contribution in [0.1, 0.15) is 37.3 Å². The first-order valence-electron chi connectivity index (χ1n) is 7.40. The fraction of sp³-hybridized carbons (Fsp3) is 0.625. The summed E-state index contributed by atoms with van der Waals surface area (Å²) >= 11 is 3.62. The lowest BCUT2D eigenvalue weighted by molar-refractivity contribution is 0.350. The third-order valence-corrected chi connectivity index (χ3v) is 4.50. The van der Waals surface area contributed by atoms with E-state index in [1.807, 2.05) is 0 Å². The Morgan fingerprint density at radius 2 is 2.26 bits per heavy atom. The van der Waals surface area contributed by atoms with Crippen molar-refractivity contribution in [3.63, 3.8) is 0 Å². The van der Waals surface area contributed by atoms with Gasteiger partial charge in [-0.1, -0.05) is 22.9 Å². The molecule has 1 aromatic rings. The lowest BCUT2D eigenvalue weighted by Gasteiger charge is -2.15. The molecule has 1 heterocycles. The molecule has 0 radical (unpaired) electrons. The summed E-state index contributed by atoms with van der Waals surface area (Å²) in [6.07, 6.45) is 6.17. The first-order valence-corrected chi connectivity index (χ1v) is 8.19. The quantitative estimate of drug-likeness (QED) is 0.861. The van der Waals surface area contributed by atoms with Gasteiger partial charge in [0.1, 0.15) is 5.75 Å². The van der Waals surface area contributed by atoms with E-state index in [0.717, 1.165) is 37.8 Å². The third kappa shape index (κ3) is 3.51. The zero-order valence-corrected chi connectivity index (χ0v) is 13.1. The Morgan fingerprint density at radius 1 is 1.42 bits per heavy atom. The summed E-state index contributed by atoms with van der Waals surface area (Å²) in [6, 6.07) is 5.26. The zero-order chi connectivity index (χ0) is 13.2. The van der Waals surface area contributed by atoms with Crippen molar-refractivity contribution in [2.75, 3.05) is 13.2 Å². The Bertz CT molecular complexity index is 456. The van der Waals surface area contributed by atoms with Crippen molar-refractivity contribution >= 4 is 15.9 Å². The number of rotatable bonds is 6. The highest BCUT2D eigenvalue weighted by Gasteiger charge is 2.21. The molecular weight excluding hydrogens is 302 g/mol. The molecule has 0 saturated heterocycles. The van der Waals surface area contributed by atoms with Crippen LogP contribution in [0.15, 0.2) is 16.6 Å². The maximum Gasteiger partial charge on any atom is 0.125 e. The molecule has 1 atom stereocenters. The molecule has 0 bridgehead atoms. The van der Waals surface area contributed by atoms with Crippen LogP contribution in [0.5, 0.6) is 5.75 Å². The lowest BCUT2D eigenvalue weighted by atomic mass is 9.96. The fourth-order valence-electron chi connectivity index (χ4n) is 2.80. The van der Waals surface area contributed by atoms with Gasteiger partial charge in [-0.25, -0.2) is 0 Å². The predicted molar refractivity (Wildman–Crippen MR) is 81.9 cm³/mol. The van der Waals surface area contributed by atoms with Crippen molar-refractivity contribution in [3.8, 4) is 5.75 Å². The van der Waals surface area contributed by atoms with Crippen molar-refractivity contribution in [3.05, 3.63) is 27.7 Å². The number of hydrogen-bond acceptors (Lipinski definition) is 2. The highest BCUT2D eigenvalue weighted by Crippen LogP contribution is 2.34. The van der Waals surface area contributed by atoms with Gasteiger partial charge in [-0.15, -0.1) is 0 Å². The molecule has 3 rings (SSSR count). The van der Waals surface area contributed by atoms with Crippen molar-refractivity contribution in [2.24, 2.45) is 5.92 Å². The molecule has 2 aliphatic rings. The van der Waals surface area contributed by atoms with Gasteiger partial charge in [0.05, 0.1) is 6.61 Å². The molecule has 1 unspecified atom stereocenters. The Balaban J connectivity index is 1.58. The molecule has 3 heteroatoms. The molecule has 1 saturated carbocycles. The van der Waals surface area contributed by atoms with Gasteiger partial charge in [0.25, 0.3) is 0 Å². The smallest absolute Gasteiger partial charge is 0.125 e.